The normalized spacial score (nSPS) is 18.5. The molecule has 104 valence electrons. The molecule has 1 atom stereocenters. The first-order chi connectivity index (χ1) is 9.63. The molecule has 3 rings (SSSR count). The fourth-order valence-corrected chi connectivity index (χ4v) is 3.03. The van der Waals surface area contributed by atoms with E-state index in [2.05, 4.69) is 4.98 Å². The molecule has 1 fully saturated rings. The van der Waals surface area contributed by atoms with Gasteiger partial charge in [0.1, 0.15) is 16.5 Å². The zero-order chi connectivity index (χ0) is 14.1. The summed E-state index contributed by atoms with van der Waals surface area (Å²) in [5.74, 6) is -0.366. The first-order valence-electron chi connectivity index (χ1n) is 6.40. The minimum absolute atomic E-state index is 0.0640. The number of benzene rings is 1. The van der Waals surface area contributed by atoms with Crippen LogP contribution in [-0.2, 0) is 0 Å². The molecule has 1 aromatic carbocycles. The highest BCUT2D eigenvalue weighted by molar-refractivity contribution is 7.13. The minimum atomic E-state index is -0.285. The fourth-order valence-electron chi connectivity index (χ4n) is 2.23. The molecule has 1 aliphatic rings. The van der Waals surface area contributed by atoms with E-state index < -0.39 is 0 Å². The van der Waals surface area contributed by atoms with E-state index in [0.29, 0.717) is 18.8 Å². The minimum Gasteiger partial charge on any atom is -0.336 e. The van der Waals surface area contributed by atoms with Crippen molar-refractivity contribution >= 4 is 17.2 Å². The predicted octanol–water partition coefficient (Wildman–Crippen LogP) is 2.12. The number of carbonyl (C=O) groups excluding carboxylic acids is 1. The molecule has 1 aromatic heterocycles. The number of hydrogen-bond donors (Lipinski definition) is 1. The van der Waals surface area contributed by atoms with E-state index in [-0.39, 0.29) is 17.8 Å². The van der Waals surface area contributed by atoms with Crippen LogP contribution in [0.2, 0.25) is 0 Å². The molecule has 0 radical (unpaired) electrons. The van der Waals surface area contributed by atoms with Gasteiger partial charge in [-0.1, -0.05) is 0 Å². The van der Waals surface area contributed by atoms with Gasteiger partial charge < -0.3 is 10.6 Å². The van der Waals surface area contributed by atoms with Crippen LogP contribution in [0.25, 0.3) is 10.6 Å². The number of rotatable bonds is 2. The van der Waals surface area contributed by atoms with Crippen LogP contribution >= 0.6 is 11.3 Å². The third-order valence-corrected chi connectivity index (χ3v) is 4.22. The SMILES string of the molecule is N[C@@H]1CCN(C(=O)c2csc(-c3ccc(F)cc3)n2)C1. The van der Waals surface area contributed by atoms with E-state index in [9.17, 15) is 9.18 Å². The van der Waals surface area contributed by atoms with Gasteiger partial charge in [0.15, 0.2) is 0 Å². The van der Waals surface area contributed by atoms with Crippen molar-refractivity contribution in [2.24, 2.45) is 5.73 Å². The molecule has 2 N–H and O–H groups in total. The monoisotopic (exact) mass is 291 g/mol. The first-order valence-corrected chi connectivity index (χ1v) is 7.28. The van der Waals surface area contributed by atoms with Crippen molar-refractivity contribution in [2.45, 2.75) is 12.5 Å². The number of nitrogens with two attached hydrogens (primary N) is 1. The Bertz CT molecular complexity index is 626. The van der Waals surface area contributed by atoms with Gasteiger partial charge in [0, 0.05) is 30.1 Å². The van der Waals surface area contributed by atoms with Crippen LogP contribution in [0.1, 0.15) is 16.9 Å². The van der Waals surface area contributed by atoms with E-state index in [1.165, 1.54) is 23.5 Å². The average Bonchev–Trinajstić information content (AvgIpc) is 3.08. The molecule has 4 nitrogen and oxygen atoms in total. The molecule has 1 amide bonds. The summed E-state index contributed by atoms with van der Waals surface area (Å²) < 4.78 is 12.9. The number of aromatic nitrogens is 1. The van der Waals surface area contributed by atoms with Gasteiger partial charge in [0.25, 0.3) is 5.91 Å². The lowest BCUT2D eigenvalue weighted by Crippen LogP contribution is -2.32. The lowest BCUT2D eigenvalue weighted by atomic mass is 10.2. The van der Waals surface area contributed by atoms with Gasteiger partial charge in [-0.05, 0) is 30.7 Å². The smallest absolute Gasteiger partial charge is 0.273 e. The number of hydrogen-bond acceptors (Lipinski definition) is 4. The largest absolute Gasteiger partial charge is 0.336 e. The Kier molecular flexibility index (Phi) is 3.50. The van der Waals surface area contributed by atoms with E-state index >= 15 is 0 Å². The lowest BCUT2D eigenvalue weighted by Gasteiger charge is -2.13. The molecule has 2 aromatic rings. The zero-order valence-corrected chi connectivity index (χ0v) is 11.6. The molecule has 20 heavy (non-hydrogen) atoms. The van der Waals surface area contributed by atoms with Crippen molar-refractivity contribution in [3.63, 3.8) is 0 Å². The van der Waals surface area contributed by atoms with Gasteiger partial charge in [-0.2, -0.15) is 0 Å². The van der Waals surface area contributed by atoms with E-state index in [1.807, 2.05) is 0 Å². The van der Waals surface area contributed by atoms with Gasteiger partial charge in [0.05, 0.1) is 0 Å². The van der Waals surface area contributed by atoms with Crippen molar-refractivity contribution in [2.75, 3.05) is 13.1 Å². The van der Waals surface area contributed by atoms with E-state index in [4.69, 9.17) is 5.73 Å². The Morgan fingerprint density at radius 3 is 2.80 bits per heavy atom. The third kappa shape index (κ3) is 2.57. The van der Waals surface area contributed by atoms with Crippen LogP contribution in [0.3, 0.4) is 0 Å². The first kappa shape index (κ1) is 13.2. The van der Waals surface area contributed by atoms with Gasteiger partial charge in [-0.15, -0.1) is 11.3 Å². The highest BCUT2D eigenvalue weighted by atomic mass is 32.1. The molecule has 2 heterocycles. The van der Waals surface area contributed by atoms with Crippen LogP contribution in [-0.4, -0.2) is 34.9 Å². The Morgan fingerprint density at radius 2 is 2.15 bits per heavy atom. The third-order valence-electron chi connectivity index (χ3n) is 3.33. The molecule has 0 unspecified atom stereocenters. The fraction of sp³-hybridized carbons (Fsp3) is 0.286. The number of halogens is 1. The summed E-state index contributed by atoms with van der Waals surface area (Å²) in [7, 11) is 0. The van der Waals surface area contributed by atoms with E-state index in [1.54, 1.807) is 22.4 Å². The average molecular weight is 291 g/mol. The quantitative estimate of drug-likeness (QED) is 0.922. The van der Waals surface area contributed by atoms with Crippen molar-refractivity contribution in [1.29, 1.82) is 0 Å². The summed E-state index contributed by atoms with van der Waals surface area (Å²) >= 11 is 1.38. The van der Waals surface area contributed by atoms with E-state index in [0.717, 1.165) is 17.0 Å². The van der Waals surface area contributed by atoms with Crippen LogP contribution in [0, 0.1) is 5.82 Å². The van der Waals surface area contributed by atoms with Crippen LogP contribution in [0.5, 0.6) is 0 Å². The van der Waals surface area contributed by atoms with Crippen molar-refractivity contribution in [3.8, 4) is 10.6 Å². The summed E-state index contributed by atoms with van der Waals surface area (Å²) in [5.41, 5.74) is 7.05. The maximum atomic E-state index is 12.9. The van der Waals surface area contributed by atoms with Gasteiger partial charge in [0.2, 0.25) is 0 Å². The van der Waals surface area contributed by atoms with Crippen molar-refractivity contribution < 1.29 is 9.18 Å². The summed E-state index contributed by atoms with van der Waals surface area (Å²) in [6.45, 7) is 1.27. The summed E-state index contributed by atoms with van der Waals surface area (Å²) in [6.07, 6.45) is 0.834. The van der Waals surface area contributed by atoms with Crippen LogP contribution < -0.4 is 5.73 Å². The van der Waals surface area contributed by atoms with Crippen LogP contribution in [0.15, 0.2) is 29.6 Å². The molecular formula is C14H14FN3OS. The molecule has 0 spiro atoms. The second-order valence-electron chi connectivity index (χ2n) is 4.84. The van der Waals surface area contributed by atoms with Crippen molar-refractivity contribution in [3.05, 3.63) is 41.2 Å². The summed E-state index contributed by atoms with van der Waals surface area (Å²) in [5, 5.41) is 2.46. The molecule has 0 aliphatic carbocycles. The molecule has 6 heteroatoms. The number of likely N-dealkylation sites (tertiary alicyclic amines) is 1. The Balaban J connectivity index is 1.79. The maximum Gasteiger partial charge on any atom is 0.273 e. The molecule has 1 aliphatic heterocycles. The Hall–Kier alpha value is -1.79. The van der Waals surface area contributed by atoms with Gasteiger partial charge >= 0.3 is 0 Å². The number of amides is 1. The number of thiazole rings is 1. The summed E-state index contributed by atoms with van der Waals surface area (Å²) in [6, 6.07) is 6.16. The standard InChI is InChI=1S/C14H14FN3OS/c15-10-3-1-9(2-4-10)13-17-12(8-20-13)14(19)18-6-5-11(16)7-18/h1-4,8,11H,5-7,16H2/t11-/m1/s1. The molecular weight excluding hydrogens is 277 g/mol. The number of nitrogens with zero attached hydrogens (tertiary/aromatic N) is 2. The predicted molar refractivity (Wildman–Crippen MR) is 76.0 cm³/mol. The van der Waals surface area contributed by atoms with Crippen LogP contribution in [0.4, 0.5) is 4.39 Å². The van der Waals surface area contributed by atoms with Crippen molar-refractivity contribution in [1.82, 2.24) is 9.88 Å². The maximum absolute atomic E-state index is 12.9. The van der Waals surface area contributed by atoms with Gasteiger partial charge in [-0.3, -0.25) is 4.79 Å². The Labute approximate surface area is 120 Å². The molecule has 0 bridgehead atoms. The topological polar surface area (TPSA) is 59.2 Å². The Morgan fingerprint density at radius 1 is 1.40 bits per heavy atom. The molecule has 1 saturated heterocycles. The highest BCUT2D eigenvalue weighted by Gasteiger charge is 2.26. The highest BCUT2D eigenvalue weighted by Crippen LogP contribution is 2.25. The summed E-state index contributed by atoms with van der Waals surface area (Å²) in [4.78, 5) is 18.3. The zero-order valence-electron chi connectivity index (χ0n) is 10.8. The second kappa shape index (κ2) is 5.30. The van der Waals surface area contributed by atoms with Gasteiger partial charge in [-0.25, -0.2) is 9.37 Å². The second-order valence-corrected chi connectivity index (χ2v) is 5.70. The number of carbonyl (C=O) groups is 1. The molecule has 0 saturated carbocycles. The lowest BCUT2D eigenvalue weighted by molar-refractivity contribution is 0.0786.